The van der Waals surface area contributed by atoms with Crippen LogP contribution in [0.2, 0.25) is 0 Å². The summed E-state index contributed by atoms with van der Waals surface area (Å²) in [6.45, 7) is 0. The number of rotatable bonds is 5. The highest BCUT2D eigenvalue weighted by Crippen LogP contribution is 2.09. The van der Waals surface area contributed by atoms with E-state index in [-0.39, 0.29) is 11.5 Å². The van der Waals surface area contributed by atoms with E-state index in [2.05, 4.69) is 9.68 Å². The minimum Gasteiger partial charge on any atom is -0.476 e. The Kier molecular flexibility index (Phi) is 4.07. The Morgan fingerprint density at radius 2 is 2.06 bits per heavy atom. The van der Waals surface area contributed by atoms with Gasteiger partial charge in [-0.3, -0.25) is 4.79 Å². The van der Waals surface area contributed by atoms with Gasteiger partial charge in [0.05, 0.1) is 0 Å². The molecule has 100 valence electrons. The molecule has 0 aliphatic carbocycles. The third-order valence-corrected chi connectivity index (χ3v) is 3.39. The van der Waals surface area contributed by atoms with Crippen molar-refractivity contribution in [1.29, 1.82) is 0 Å². The van der Waals surface area contributed by atoms with Gasteiger partial charge in [0.2, 0.25) is 5.91 Å². The summed E-state index contributed by atoms with van der Waals surface area (Å²) in [4.78, 5) is 22.9. The van der Waals surface area contributed by atoms with Gasteiger partial charge in [-0.15, -0.1) is 0 Å². The van der Waals surface area contributed by atoms with E-state index < -0.39 is 33.2 Å². The molecular formula is C9H12N2O6S. The van der Waals surface area contributed by atoms with Crippen LogP contribution < -0.4 is 0 Å². The summed E-state index contributed by atoms with van der Waals surface area (Å²) in [5.74, 6) is -3.21. The van der Waals surface area contributed by atoms with Crippen LogP contribution in [0.1, 0.15) is 16.2 Å². The molecule has 0 spiro atoms. The Balaban J connectivity index is 2.76. The van der Waals surface area contributed by atoms with Gasteiger partial charge in [0.1, 0.15) is 11.5 Å². The number of sulfone groups is 1. The minimum atomic E-state index is -3.71. The van der Waals surface area contributed by atoms with Crippen LogP contribution in [0.3, 0.4) is 0 Å². The SMILES string of the molecule is CN(C)C(=O)CS(=O)(=O)Cc1cc(C(=O)O)no1. The summed E-state index contributed by atoms with van der Waals surface area (Å²) in [7, 11) is -0.831. The molecule has 8 nitrogen and oxygen atoms in total. The Labute approximate surface area is 103 Å². The van der Waals surface area contributed by atoms with E-state index in [1.165, 1.54) is 14.1 Å². The zero-order chi connectivity index (χ0) is 13.9. The number of aromatic carboxylic acids is 1. The molecule has 1 aromatic rings. The van der Waals surface area contributed by atoms with Crippen LogP contribution in [0, 0.1) is 0 Å². The van der Waals surface area contributed by atoms with Gasteiger partial charge in [0.15, 0.2) is 21.3 Å². The number of carboxylic acids is 1. The van der Waals surface area contributed by atoms with Crippen LogP contribution in [-0.4, -0.2) is 55.3 Å². The maximum atomic E-state index is 11.6. The van der Waals surface area contributed by atoms with Crippen molar-refractivity contribution in [2.45, 2.75) is 5.75 Å². The van der Waals surface area contributed by atoms with E-state index in [0.29, 0.717) is 0 Å². The van der Waals surface area contributed by atoms with E-state index in [0.717, 1.165) is 11.0 Å². The number of nitrogens with zero attached hydrogens (tertiary/aromatic N) is 2. The first-order valence-corrected chi connectivity index (χ1v) is 6.63. The van der Waals surface area contributed by atoms with E-state index in [4.69, 9.17) is 5.11 Å². The molecule has 0 fully saturated rings. The largest absolute Gasteiger partial charge is 0.476 e. The van der Waals surface area contributed by atoms with Crippen molar-refractivity contribution in [2.75, 3.05) is 19.8 Å². The highest BCUT2D eigenvalue weighted by molar-refractivity contribution is 7.91. The lowest BCUT2D eigenvalue weighted by atomic mass is 10.4. The fraction of sp³-hybridized carbons (Fsp3) is 0.444. The molecule has 0 aliphatic rings. The smallest absolute Gasteiger partial charge is 0.358 e. The molecule has 1 amide bonds. The molecular weight excluding hydrogens is 264 g/mol. The van der Waals surface area contributed by atoms with Gasteiger partial charge in [-0.25, -0.2) is 13.2 Å². The highest BCUT2D eigenvalue weighted by atomic mass is 32.2. The second kappa shape index (κ2) is 5.17. The summed E-state index contributed by atoms with van der Waals surface area (Å²) >= 11 is 0. The molecule has 1 heterocycles. The summed E-state index contributed by atoms with van der Waals surface area (Å²) in [5.41, 5.74) is -0.376. The van der Waals surface area contributed by atoms with E-state index in [9.17, 15) is 18.0 Å². The molecule has 0 aromatic carbocycles. The molecule has 18 heavy (non-hydrogen) atoms. The first kappa shape index (κ1) is 14.2. The van der Waals surface area contributed by atoms with Gasteiger partial charge < -0.3 is 14.5 Å². The molecule has 1 N–H and O–H groups in total. The molecule has 1 rings (SSSR count). The van der Waals surface area contributed by atoms with Crippen LogP contribution in [0.15, 0.2) is 10.6 Å². The van der Waals surface area contributed by atoms with Gasteiger partial charge in [0.25, 0.3) is 0 Å². The lowest BCUT2D eigenvalue weighted by molar-refractivity contribution is -0.125. The average molecular weight is 276 g/mol. The van der Waals surface area contributed by atoms with Crippen LogP contribution >= 0.6 is 0 Å². The van der Waals surface area contributed by atoms with Crippen molar-refractivity contribution in [3.05, 3.63) is 17.5 Å². The van der Waals surface area contributed by atoms with E-state index >= 15 is 0 Å². The van der Waals surface area contributed by atoms with Crippen LogP contribution in [0.25, 0.3) is 0 Å². The van der Waals surface area contributed by atoms with E-state index in [1.54, 1.807) is 0 Å². The Morgan fingerprint density at radius 1 is 1.44 bits per heavy atom. The van der Waals surface area contributed by atoms with Crippen molar-refractivity contribution >= 4 is 21.7 Å². The number of hydrogen-bond acceptors (Lipinski definition) is 6. The number of aromatic nitrogens is 1. The minimum absolute atomic E-state index is 0.112. The van der Waals surface area contributed by atoms with E-state index in [1.807, 2.05) is 0 Å². The second-order valence-electron chi connectivity index (χ2n) is 3.80. The molecule has 9 heteroatoms. The topological polar surface area (TPSA) is 118 Å². The molecule has 0 bridgehead atoms. The van der Waals surface area contributed by atoms with Gasteiger partial charge in [-0.1, -0.05) is 5.16 Å². The quantitative estimate of drug-likeness (QED) is 0.761. The normalized spacial score (nSPS) is 11.2. The molecule has 0 aliphatic heterocycles. The number of amides is 1. The fourth-order valence-electron chi connectivity index (χ4n) is 1.07. The van der Waals surface area contributed by atoms with Crippen LogP contribution in [-0.2, 0) is 20.4 Å². The van der Waals surface area contributed by atoms with Crippen molar-refractivity contribution in [3.63, 3.8) is 0 Å². The van der Waals surface area contributed by atoms with Crippen molar-refractivity contribution in [2.24, 2.45) is 0 Å². The summed E-state index contributed by atoms with van der Waals surface area (Å²) in [5, 5.41) is 11.8. The first-order valence-electron chi connectivity index (χ1n) is 4.81. The second-order valence-corrected chi connectivity index (χ2v) is 5.87. The average Bonchev–Trinajstić information content (AvgIpc) is 2.64. The van der Waals surface area contributed by atoms with Gasteiger partial charge in [-0.2, -0.15) is 0 Å². The molecule has 0 saturated carbocycles. The fourth-order valence-corrected chi connectivity index (χ4v) is 2.37. The lowest BCUT2D eigenvalue weighted by Crippen LogP contribution is -2.29. The summed E-state index contributed by atoms with van der Waals surface area (Å²) in [6, 6.07) is 1.01. The zero-order valence-corrected chi connectivity index (χ0v) is 10.6. The Hall–Kier alpha value is -1.90. The van der Waals surface area contributed by atoms with Crippen LogP contribution in [0.4, 0.5) is 0 Å². The van der Waals surface area contributed by atoms with Crippen molar-refractivity contribution in [1.82, 2.24) is 10.1 Å². The molecule has 0 atom stereocenters. The number of carbonyl (C=O) groups excluding carboxylic acids is 1. The maximum Gasteiger partial charge on any atom is 0.358 e. The predicted octanol–water partition coefficient (Wildman–Crippen LogP) is -0.624. The molecule has 1 aromatic heterocycles. The zero-order valence-electron chi connectivity index (χ0n) is 9.78. The monoisotopic (exact) mass is 276 g/mol. The number of hydrogen-bond donors (Lipinski definition) is 1. The van der Waals surface area contributed by atoms with Gasteiger partial charge in [0, 0.05) is 20.2 Å². The van der Waals surface area contributed by atoms with Crippen molar-refractivity contribution < 1.29 is 27.6 Å². The molecule has 0 radical (unpaired) electrons. The lowest BCUT2D eigenvalue weighted by Gasteiger charge is -2.09. The predicted molar refractivity (Wildman–Crippen MR) is 59.6 cm³/mol. The summed E-state index contributed by atoms with van der Waals surface area (Å²) < 4.78 is 27.8. The third-order valence-electron chi connectivity index (χ3n) is 1.98. The highest BCUT2D eigenvalue weighted by Gasteiger charge is 2.22. The van der Waals surface area contributed by atoms with Gasteiger partial charge in [-0.05, 0) is 0 Å². The standard InChI is InChI=1S/C9H12N2O6S/c1-11(2)8(12)5-18(15,16)4-6-3-7(9(13)14)10-17-6/h3H,4-5H2,1-2H3,(H,13,14). The Morgan fingerprint density at radius 3 is 2.50 bits per heavy atom. The molecule has 0 unspecified atom stereocenters. The van der Waals surface area contributed by atoms with Gasteiger partial charge >= 0.3 is 5.97 Å². The third kappa shape index (κ3) is 3.84. The molecule has 0 saturated heterocycles. The van der Waals surface area contributed by atoms with Crippen molar-refractivity contribution in [3.8, 4) is 0 Å². The summed E-state index contributed by atoms with van der Waals surface area (Å²) in [6.07, 6.45) is 0. The first-order chi connectivity index (χ1) is 8.21. The number of carbonyl (C=O) groups is 2. The Bertz CT molecular complexity index is 559. The maximum absolute atomic E-state index is 11.6. The number of carboxylic acid groups (broad SMARTS) is 1. The van der Waals surface area contributed by atoms with Crippen LogP contribution in [0.5, 0.6) is 0 Å².